The SMILES string of the molecule is Cn1c[n+](C(=C=N)C#N)cn1. The van der Waals surface area contributed by atoms with Gasteiger partial charge in [-0.05, 0) is 0 Å². The average Bonchev–Trinajstić information content (AvgIpc) is 2.39. The molecule has 1 rings (SSSR count). The summed E-state index contributed by atoms with van der Waals surface area (Å²) in [6.07, 6.45) is 3.03. The van der Waals surface area contributed by atoms with Gasteiger partial charge >= 0.3 is 0 Å². The molecule has 1 N–H and O–H groups in total. The summed E-state index contributed by atoms with van der Waals surface area (Å²) in [7, 11) is 1.73. The molecule has 5 nitrogen and oxygen atoms in total. The van der Waals surface area contributed by atoms with Crippen LogP contribution in [0.4, 0.5) is 0 Å². The molecule has 0 aliphatic heterocycles. The van der Waals surface area contributed by atoms with Crippen molar-refractivity contribution in [2.45, 2.75) is 0 Å². The van der Waals surface area contributed by atoms with E-state index in [1.807, 2.05) is 11.9 Å². The monoisotopic (exact) mass is 148 g/mol. The molecule has 0 amide bonds. The zero-order chi connectivity index (χ0) is 8.27. The molecule has 0 aromatic carbocycles. The van der Waals surface area contributed by atoms with Crippen LogP contribution in [0.1, 0.15) is 0 Å². The lowest BCUT2D eigenvalue weighted by molar-refractivity contribution is -0.576. The minimum Gasteiger partial charge on any atom is -0.255 e. The van der Waals surface area contributed by atoms with Crippen LogP contribution in [0.5, 0.6) is 0 Å². The fraction of sp³-hybridized carbons (Fsp3) is 0.167. The molecular formula is C6H6N5+. The maximum Gasteiger partial charge on any atom is 0.271 e. The second-order valence-electron chi connectivity index (χ2n) is 1.91. The molecule has 54 valence electrons. The first-order chi connectivity index (χ1) is 5.27. The predicted octanol–water partition coefficient (Wildman–Crippen LogP) is -0.679. The molecule has 0 bridgehead atoms. The second kappa shape index (κ2) is 2.78. The lowest BCUT2D eigenvalue weighted by atomic mass is 10.5. The zero-order valence-corrected chi connectivity index (χ0v) is 5.94. The predicted molar refractivity (Wildman–Crippen MR) is 36.4 cm³/mol. The Balaban J connectivity index is 3.14. The number of aryl methyl sites for hydroxylation is 1. The molecule has 0 saturated carbocycles. The number of aromatic nitrogens is 3. The van der Waals surface area contributed by atoms with Crippen molar-refractivity contribution in [1.29, 1.82) is 10.7 Å². The lowest BCUT2D eigenvalue weighted by Crippen LogP contribution is -2.29. The van der Waals surface area contributed by atoms with Gasteiger partial charge in [-0.1, -0.05) is 0 Å². The van der Waals surface area contributed by atoms with Gasteiger partial charge in [-0.3, -0.25) is 5.41 Å². The summed E-state index contributed by atoms with van der Waals surface area (Å²) in [5.74, 6) is 2.00. The van der Waals surface area contributed by atoms with Crippen LogP contribution >= 0.6 is 0 Å². The highest BCUT2D eigenvalue weighted by Gasteiger charge is 2.05. The summed E-state index contributed by atoms with van der Waals surface area (Å²) in [6.45, 7) is 0. The van der Waals surface area contributed by atoms with E-state index in [1.54, 1.807) is 13.4 Å². The van der Waals surface area contributed by atoms with Crippen LogP contribution in [0.2, 0.25) is 0 Å². The van der Waals surface area contributed by atoms with Gasteiger partial charge in [-0.2, -0.15) is 9.83 Å². The Kier molecular flexibility index (Phi) is 1.81. The number of rotatable bonds is 1. The maximum atomic E-state index is 8.46. The fourth-order valence-electron chi connectivity index (χ4n) is 0.642. The third-order valence-corrected chi connectivity index (χ3v) is 1.13. The molecule has 0 radical (unpaired) electrons. The zero-order valence-electron chi connectivity index (χ0n) is 5.94. The quantitative estimate of drug-likeness (QED) is 0.325. The van der Waals surface area contributed by atoms with E-state index in [1.165, 1.54) is 15.6 Å². The van der Waals surface area contributed by atoms with E-state index in [-0.39, 0.29) is 5.70 Å². The van der Waals surface area contributed by atoms with E-state index >= 15 is 0 Å². The van der Waals surface area contributed by atoms with Crippen molar-refractivity contribution < 1.29 is 4.57 Å². The summed E-state index contributed by atoms with van der Waals surface area (Å²) < 4.78 is 2.96. The number of nitriles is 1. The Bertz CT molecular complexity index is 349. The molecule has 0 unspecified atom stereocenters. The average molecular weight is 148 g/mol. The second-order valence-corrected chi connectivity index (χ2v) is 1.91. The fourth-order valence-corrected chi connectivity index (χ4v) is 0.642. The maximum absolute atomic E-state index is 8.46. The van der Waals surface area contributed by atoms with E-state index in [2.05, 4.69) is 5.10 Å². The molecular weight excluding hydrogens is 142 g/mol. The summed E-state index contributed by atoms with van der Waals surface area (Å²) in [6, 6.07) is 1.81. The Morgan fingerprint density at radius 3 is 2.91 bits per heavy atom. The van der Waals surface area contributed by atoms with Gasteiger partial charge in [0.2, 0.25) is 12.0 Å². The van der Waals surface area contributed by atoms with Crippen molar-refractivity contribution in [3.8, 4) is 6.07 Å². The number of nitrogens with one attached hydrogen (secondary N) is 1. The minimum atomic E-state index is 0.123. The molecule has 1 heterocycles. The summed E-state index contributed by atoms with van der Waals surface area (Å²) in [4.78, 5) is 0. The topological polar surface area (TPSA) is 69.3 Å². The van der Waals surface area contributed by atoms with E-state index in [4.69, 9.17) is 10.7 Å². The smallest absolute Gasteiger partial charge is 0.255 e. The highest BCUT2D eigenvalue weighted by Crippen LogP contribution is 1.81. The van der Waals surface area contributed by atoms with Crippen molar-refractivity contribution in [1.82, 2.24) is 9.78 Å². The number of nitrogens with zero attached hydrogens (tertiary/aromatic N) is 4. The first-order valence-electron chi connectivity index (χ1n) is 2.88. The molecule has 1 aromatic rings. The van der Waals surface area contributed by atoms with Crippen molar-refractivity contribution in [2.24, 2.45) is 7.05 Å². The molecule has 0 atom stereocenters. The lowest BCUT2D eigenvalue weighted by Gasteiger charge is -1.81. The molecule has 0 aliphatic rings. The van der Waals surface area contributed by atoms with Crippen molar-refractivity contribution in [2.75, 3.05) is 0 Å². The standard InChI is InChI=1S/C6H6N5/c1-10-5-11(4-9-10)6(2-7)3-8/h4-5,7H,1H3/q+1. The number of hydrogen-bond acceptors (Lipinski definition) is 3. The first-order valence-corrected chi connectivity index (χ1v) is 2.88. The van der Waals surface area contributed by atoms with Gasteiger partial charge in [0.1, 0.15) is 6.07 Å². The Labute approximate surface area is 63.3 Å². The van der Waals surface area contributed by atoms with Gasteiger partial charge in [0.15, 0.2) is 0 Å². The Morgan fingerprint density at radius 1 is 1.82 bits per heavy atom. The highest BCUT2D eigenvalue weighted by molar-refractivity contribution is 5.80. The molecule has 5 heteroatoms. The van der Waals surface area contributed by atoms with Crippen molar-refractivity contribution in [3.05, 3.63) is 12.7 Å². The molecule has 0 saturated heterocycles. The van der Waals surface area contributed by atoms with Crippen LogP contribution < -0.4 is 4.57 Å². The molecule has 0 spiro atoms. The van der Waals surface area contributed by atoms with E-state index in [9.17, 15) is 0 Å². The van der Waals surface area contributed by atoms with Crippen LogP contribution in [-0.2, 0) is 7.05 Å². The van der Waals surface area contributed by atoms with Crippen LogP contribution in [0.25, 0.3) is 5.70 Å². The Morgan fingerprint density at radius 2 is 2.55 bits per heavy atom. The normalized spacial score (nSPS) is 8.36. The largest absolute Gasteiger partial charge is 0.271 e. The van der Waals surface area contributed by atoms with Gasteiger partial charge in [-0.25, -0.2) is 0 Å². The molecule has 0 aliphatic carbocycles. The van der Waals surface area contributed by atoms with Gasteiger partial charge in [0.05, 0.1) is 7.05 Å². The Hall–Kier alpha value is -1.92. The van der Waals surface area contributed by atoms with Crippen molar-refractivity contribution in [3.63, 3.8) is 0 Å². The minimum absolute atomic E-state index is 0.123. The van der Waals surface area contributed by atoms with Crippen LogP contribution in [-0.4, -0.2) is 15.7 Å². The van der Waals surface area contributed by atoms with Gasteiger partial charge in [0.25, 0.3) is 6.33 Å². The van der Waals surface area contributed by atoms with Crippen LogP contribution in [0.15, 0.2) is 12.7 Å². The van der Waals surface area contributed by atoms with Crippen molar-refractivity contribution >= 4 is 11.6 Å². The number of hydrogen-bond donors (Lipinski definition) is 1. The third kappa shape index (κ3) is 1.31. The summed E-state index contributed by atoms with van der Waals surface area (Å²) in [5.41, 5.74) is 0.123. The van der Waals surface area contributed by atoms with Gasteiger partial charge in [-0.15, -0.1) is 4.68 Å². The van der Waals surface area contributed by atoms with Crippen LogP contribution in [0.3, 0.4) is 0 Å². The third-order valence-electron chi connectivity index (χ3n) is 1.13. The van der Waals surface area contributed by atoms with E-state index < -0.39 is 0 Å². The van der Waals surface area contributed by atoms with Gasteiger partial charge < -0.3 is 0 Å². The molecule has 11 heavy (non-hydrogen) atoms. The van der Waals surface area contributed by atoms with Gasteiger partial charge in [0, 0.05) is 11.0 Å². The number of allylic oxidation sites excluding steroid dienone is 1. The highest BCUT2D eigenvalue weighted by atomic mass is 15.3. The first kappa shape index (κ1) is 7.19. The summed E-state index contributed by atoms with van der Waals surface area (Å²) >= 11 is 0. The van der Waals surface area contributed by atoms with E-state index in [0.717, 1.165) is 0 Å². The summed E-state index contributed by atoms with van der Waals surface area (Å²) in [5, 5.41) is 19.0. The molecule has 0 fully saturated rings. The van der Waals surface area contributed by atoms with Crippen LogP contribution in [0, 0.1) is 16.7 Å². The molecule has 1 aromatic heterocycles. The van der Waals surface area contributed by atoms with E-state index in [0.29, 0.717) is 0 Å².